The minimum absolute atomic E-state index is 0.589. The Balaban J connectivity index is 1.62. The predicted octanol–water partition coefficient (Wildman–Crippen LogP) is 2.67. The molecule has 0 saturated heterocycles. The average Bonchev–Trinajstić information content (AvgIpc) is 3.13. The van der Waals surface area contributed by atoms with Crippen LogP contribution in [0.4, 0.5) is 0 Å². The molecule has 0 radical (unpaired) electrons. The lowest BCUT2D eigenvalue weighted by molar-refractivity contribution is 0.216. The molecule has 2 unspecified atom stereocenters. The molecule has 18 heavy (non-hydrogen) atoms. The molecular weight excluding hydrogens is 224 g/mol. The zero-order chi connectivity index (χ0) is 12.4. The topological polar surface area (TPSA) is 42.7 Å². The van der Waals surface area contributed by atoms with Crippen LogP contribution in [0.25, 0.3) is 0 Å². The van der Waals surface area contributed by atoms with Gasteiger partial charge < -0.3 is 5.32 Å². The van der Waals surface area contributed by atoms with Crippen LogP contribution in [0.2, 0.25) is 0 Å². The molecule has 0 amide bonds. The summed E-state index contributed by atoms with van der Waals surface area (Å²) in [6.45, 7) is 3.14. The summed E-state index contributed by atoms with van der Waals surface area (Å²) in [5.74, 6) is 1.76. The number of nitrogens with zero attached hydrogens (tertiary/aromatic N) is 3. The summed E-state index contributed by atoms with van der Waals surface area (Å²) < 4.78 is 2.14. The fourth-order valence-corrected chi connectivity index (χ4v) is 3.09. The Bertz CT molecular complexity index is 383. The van der Waals surface area contributed by atoms with Crippen LogP contribution < -0.4 is 5.32 Å². The highest BCUT2D eigenvalue weighted by atomic mass is 15.4. The first kappa shape index (κ1) is 12.2. The highest BCUT2D eigenvalue weighted by molar-refractivity contribution is 4.89. The molecule has 2 aliphatic carbocycles. The Morgan fingerprint density at radius 2 is 2.11 bits per heavy atom. The third kappa shape index (κ3) is 2.74. The molecule has 1 aromatic heterocycles. The first-order valence-corrected chi connectivity index (χ1v) is 7.50. The molecule has 0 aromatic carbocycles. The van der Waals surface area contributed by atoms with Crippen LogP contribution in [0.3, 0.4) is 0 Å². The zero-order valence-corrected chi connectivity index (χ0v) is 11.3. The first-order chi connectivity index (χ1) is 8.86. The van der Waals surface area contributed by atoms with E-state index in [2.05, 4.69) is 27.0 Å². The predicted molar refractivity (Wildman–Crippen MR) is 71.2 cm³/mol. The highest BCUT2D eigenvalue weighted by Gasteiger charge is 2.26. The largest absolute Gasteiger partial charge is 0.307 e. The van der Waals surface area contributed by atoms with Crippen LogP contribution >= 0.6 is 0 Å². The highest BCUT2D eigenvalue weighted by Crippen LogP contribution is 2.35. The maximum atomic E-state index is 4.67. The van der Waals surface area contributed by atoms with Crippen LogP contribution in [0.1, 0.15) is 63.7 Å². The molecule has 1 heterocycles. The van der Waals surface area contributed by atoms with Crippen LogP contribution in [-0.4, -0.2) is 20.8 Å². The monoisotopic (exact) mass is 248 g/mol. The second kappa shape index (κ2) is 5.39. The van der Waals surface area contributed by atoms with Crippen molar-refractivity contribution in [3.63, 3.8) is 0 Å². The summed E-state index contributed by atoms with van der Waals surface area (Å²) in [5, 5.41) is 8.15. The average molecular weight is 248 g/mol. The van der Waals surface area contributed by atoms with E-state index in [1.54, 1.807) is 0 Å². The van der Waals surface area contributed by atoms with E-state index in [4.69, 9.17) is 0 Å². The molecule has 3 rings (SSSR count). The van der Waals surface area contributed by atoms with Crippen LogP contribution in [0, 0.1) is 5.92 Å². The zero-order valence-electron chi connectivity index (χ0n) is 11.3. The van der Waals surface area contributed by atoms with Gasteiger partial charge in [-0.2, -0.15) is 5.10 Å². The molecule has 2 fully saturated rings. The normalized spacial score (nSPS) is 28.5. The van der Waals surface area contributed by atoms with E-state index >= 15 is 0 Å². The molecule has 1 aromatic rings. The minimum atomic E-state index is 0.589. The van der Waals surface area contributed by atoms with Crippen LogP contribution in [0.15, 0.2) is 6.33 Å². The van der Waals surface area contributed by atoms with Crippen molar-refractivity contribution < 1.29 is 0 Å². The standard InChI is InChI=1S/C14H24N4/c1-2-11-5-3-4-6-13(11)18-10-16-14(17-18)9-15-12-7-8-12/h10-13,15H,2-9H2,1H3. The summed E-state index contributed by atoms with van der Waals surface area (Å²) in [6.07, 6.45) is 11.2. The summed E-state index contributed by atoms with van der Waals surface area (Å²) in [6, 6.07) is 1.32. The SMILES string of the molecule is CCC1CCCCC1n1cnc(CNC2CC2)n1. The quantitative estimate of drug-likeness (QED) is 0.871. The second-order valence-electron chi connectivity index (χ2n) is 5.82. The number of hydrogen-bond donors (Lipinski definition) is 1. The van der Waals surface area contributed by atoms with Gasteiger partial charge in [-0.15, -0.1) is 0 Å². The Hall–Kier alpha value is -0.900. The summed E-state index contributed by atoms with van der Waals surface area (Å²) in [5.41, 5.74) is 0. The number of rotatable bonds is 5. The Kier molecular flexibility index (Phi) is 3.64. The van der Waals surface area contributed by atoms with Gasteiger partial charge in [0.25, 0.3) is 0 Å². The minimum Gasteiger partial charge on any atom is -0.307 e. The van der Waals surface area contributed by atoms with Gasteiger partial charge in [-0.05, 0) is 31.6 Å². The molecular formula is C14H24N4. The number of aromatic nitrogens is 3. The fourth-order valence-electron chi connectivity index (χ4n) is 3.09. The number of hydrogen-bond acceptors (Lipinski definition) is 3. The van der Waals surface area contributed by atoms with Crippen molar-refractivity contribution in [2.75, 3.05) is 0 Å². The fraction of sp³-hybridized carbons (Fsp3) is 0.857. The molecule has 1 N–H and O–H groups in total. The lowest BCUT2D eigenvalue weighted by atomic mass is 9.83. The molecule has 0 aliphatic heterocycles. The van der Waals surface area contributed by atoms with Crippen molar-refractivity contribution in [3.05, 3.63) is 12.2 Å². The molecule has 4 heteroatoms. The lowest BCUT2D eigenvalue weighted by Gasteiger charge is -2.30. The summed E-state index contributed by atoms with van der Waals surface area (Å²) in [7, 11) is 0. The van der Waals surface area contributed by atoms with E-state index in [1.165, 1.54) is 44.9 Å². The molecule has 2 aliphatic rings. The van der Waals surface area contributed by atoms with E-state index in [0.29, 0.717) is 6.04 Å². The smallest absolute Gasteiger partial charge is 0.164 e. The van der Waals surface area contributed by atoms with E-state index in [0.717, 1.165) is 24.3 Å². The van der Waals surface area contributed by atoms with Crippen molar-refractivity contribution in [2.24, 2.45) is 5.92 Å². The van der Waals surface area contributed by atoms with Gasteiger partial charge in [-0.1, -0.05) is 26.2 Å². The molecule has 2 atom stereocenters. The van der Waals surface area contributed by atoms with Crippen LogP contribution in [0.5, 0.6) is 0 Å². The first-order valence-electron chi connectivity index (χ1n) is 7.50. The molecule has 2 saturated carbocycles. The Morgan fingerprint density at radius 1 is 1.28 bits per heavy atom. The summed E-state index contributed by atoms with van der Waals surface area (Å²) in [4.78, 5) is 4.45. The van der Waals surface area contributed by atoms with Crippen molar-refractivity contribution in [2.45, 2.75) is 70.5 Å². The van der Waals surface area contributed by atoms with Crippen molar-refractivity contribution in [3.8, 4) is 0 Å². The van der Waals surface area contributed by atoms with E-state index in [9.17, 15) is 0 Å². The Morgan fingerprint density at radius 3 is 2.89 bits per heavy atom. The molecule has 4 nitrogen and oxygen atoms in total. The van der Waals surface area contributed by atoms with E-state index in [1.807, 2.05) is 6.33 Å². The Labute approximate surface area is 109 Å². The third-order valence-electron chi connectivity index (χ3n) is 4.42. The van der Waals surface area contributed by atoms with Gasteiger partial charge in [0, 0.05) is 6.04 Å². The molecule has 100 valence electrons. The maximum Gasteiger partial charge on any atom is 0.164 e. The van der Waals surface area contributed by atoms with Crippen molar-refractivity contribution in [1.82, 2.24) is 20.1 Å². The van der Waals surface area contributed by atoms with E-state index < -0.39 is 0 Å². The van der Waals surface area contributed by atoms with Gasteiger partial charge in [-0.25, -0.2) is 9.67 Å². The van der Waals surface area contributed by atoms with Gasteiger partial charge in [0.2, 0.25) is 0 Å². The second-order valence-corrected chi connectivity index (χ2v) is 5.82. The van der Waals surface area contributed by atoms with Gasteiger partial charge in [0.15, 0.2) is 5.82 Å². The van der Waals surface area contributed by atoms with Crippen molar-refractivity contribution >= 4 is 0 Å². The summed E-state index contributed by atoms with van der Waals surface area (Å²) >= 11 is 0. The van der Waals surface area contributed by atoms with Crippen molar-refractivity contribution in [1.29, 1.82) is 0 Å². The van der Waals surface area contributed by atoms with Crippen LogP contribution in [-0.2, 0) is 6.54 Å². The van der Waals surface area contributed by atoms with E-state index in [-0.39, 0.29) is 0 Å². The number of nitrogens with one attached hydrogen (secondary N) is 1. The van der Waals surface area contributed by atoms with Gasteiger partial charge in [0.05, 0.1) is 12.6 Å². The molecule has 0 bridgehead atoms. The van der Waals surface area contributed by atoms with Gasteiger partial charge in [-0.3, -0.25) is 0 Å². The third-order valence-corrected chi connectivity index (χ3v) is 4.42. The van der Waals surface area contributed by atoms with Gasteiger partial charge >= 0.3 is 0 Å². The lowest BCUT2D eigenvalue weighted by Crippen LogP contribution is -2.23. The maximum absolute atomic E-state index is 4.67. The molecule has 0 spiro atoms. The van der Waals surface area contributed by atoms with Gasteiger partial charge in [0.1, 0.15) is 6.33 Å².